The molecule has 4 aromatic rings. The minimum Gasteiger partial charge on any atom is -0.494 e. The normalized spacial score (nSPS) is 12.6. The van der Waals surface area contributed by atoms with Gasteiger partial charge < -0.3 is 15.0 Å². The van der Waals surface area contributed by atoms with Gasteiger partial charge in [-0.3, -0.25) is 0 Å². The first-order valence-electron chi connectivity index (χ1n) is 18.9. The van der Waals surface area contributed by atoms with Gasteiger partial charge in [0.05, 0.1) is 12.0 Å². The molecule has 3 aromatic carbocycles. The standard InChI is InChI=1S/C37H50O.C6H11N3/c1-2-3-4-5-6-7-8-9-10-11-12-13-14-15-16-22-30-38-34-27-23-26-33(31-34)37(32-24-18-17-19-25-32)35-28-20-21-29-36(35)37;1-2-4-9-5-3-8-6(9)7/h17-21,23-29,31H,2-16,22,30H2,1H3;3,5H,2,4H2,1H3,(H2,7,8). The maximum absolute atomic E-state index is 6.22. The van der Waals surface area contributed by atoms with Gasteiger partial charge in [0.15, 0.2) is 5.95 Å². The number of hydrogen-bond acceptors (Lipinski definition) is 3. The van der Waals surface area contributed by atoms with Crippen molar-refractivity contribution in [2.75, 3.05) is 12.3 Å². The third-order valence-corrected chi connectivity index (χ3v) is 9.63. The highest BCUT2D eigenvalue weighted by Crippen LogP contribution is 2.59. The lowest BCUT2D eigenvalue weighted by atomic mass is 9.84. The van der Waals surface area contributed by atoms with Crippen molar-refractivity contribution in [2.24, 2.45) is 0 Å². The molecule has 5 rings (SSSR count). The molecule has 47 heavy (non-hydrogen) atoms. The van der Waals surface area contributed by atoms with Gasteiger partial charge in [0.2, 0.25) is 0 Å². The van der Waals surface area contributed by atoms with Gasteiger partial charge in [-0.2, -0.15) is 0 Å². The molecule has 0 amide bonds. The van der Waals surface area contributed by atoms with Crippen LogP contribution < -0.4 is 10.5 Å². The van der Waals surface area contributed by atoms with Crippen molar-refractivity contribution in [2.45, 2.75) is 135 Å². The van der Waals surface area contributed by atoms with Gasteiger partial charge in [-0.25, -0.2) is 4.98 Å². The molecule has 1 aliphatic rings. The second-order valence-corrected chi connectivity index (χ2v) is 13.3. The van der Waals surface area contributed by atoms with E-state index in [4.69, 9.17) is 10.5 Å². The fourth-order valence-electron chi connectivity index (χ4n) is 6.96. The zero-order chi connectivity index (χ0) is 33.0. The summed E-state index contributed by atoms with van der Waals surface area (Å²) >= 11 is 0. The molecule has 2 N–H and O–H groups in total. The number of imidazole rings is 1. The summed E-state index contributed by atoms with van der Waals surface area (Å²) in [5, 5.41) is 0. The molecule has 0 aliphatic heterocycles. The van der Waals surface area contributed by atoms with Crippen molar-refractivity contribution in [3.05, 3.63) is 114 Å². The minimum atomic E-state index is -0.113. The molecule has 0 fully saturated rings. The van der Waals surface area contributed by atoms with Crippen molar-refractivity contribution in [3.63, 3.8) is 0 Å². The van der Waals surface area contributed by atoms with Gasteiger partial charge >= 0.3 is 0 Å². The Morgan fingerprint density at radius 1 is 0.596 bits per heavy atom. The van der Waals surface area contributed by atoms with Crippen molar-refractivity contribution in [3.8, 4) is 5.75 Å². The van der Waals surface area contributed by atoms with Crippen LogP contribution in [-0.2, 0) is 12.0 Å². The molecular formula is C43H61N3O. The molecule has 0 radical (unpaired) electrons. The minimum absolute atomic E-state index is 0.113. The highest BCUT2D eigenvalue weighted by Gasteiger charge is 2.52. The van der Waals surface area contributed by atoms with E-state index in [1.807, 2.05) is 10.8 Å². The van der Waals surface area contributed by atoms with Gasteiger partial charge in [0.1, 0.15) is 5.75 Å². The summed E-state index contributed by atoms with van der Waals surface area (Å²) in [6, 6.07) is 28.5. The Labute approximate surface area is 286 Å². The lowest BCUT2D eigenvalue weighted by Crippen LogP contribution is -2.13. The zero-order valence-corrected chi connectivity index (χ0v) is 29.5. The quantitative estimate of drug-likeness (QED) is 0.0770. The van der Waals surface area contributed by atoms with Crippen LogP contribution in [0.1, 0.15) is 145 Å². The Kier molecular flexibility index (Phi) is 16.0. The molecular weight excluding hydrogens is 574 g/mol. The van der Waals surface area contributed by atoms with Crippen LogP contribution in [0.15, 0.2) is 91.3 Å². The summed E-state index contributed by atoms with van der Waals surface area (Å²) in [6.45, 7) is 6.18. The summed E-state index contributed by atoms with van der Waals surface area (Å²) in [6.07, 6.45) is 27.0. The highest BCUT2D eigenvalue weighted by molar-refractivity contribution is 5.75. The Morgan fingerprint density at radius 2 is 1.13 bits per heavy atom. The van der Waals surface area contributed by atoms with Crippen LogP contribution in [0, 0.1) is 0 Å². The Bertz CT molecular complexity index is 1370. The molecule has 1 aliphatic carbocycles. The molecule has 0 unspecified atom stereocenters. The number of aryl methyl sites for hydroxylation is 1. The van der Waals surface area contributed by atoms with Crippen LogP contribution in [0.2, 0.25) is 0 Å². The third-order valence-electron chi connectivity index (χ3n) is 9.63. The molecule has 0 spiro atoms. The number of hydrogen-bond donors (Lipinski definition) is 1. The van der Waals surface area contributed by atoms with Crippen LogP contribution in [0.3, 0.4) is 0 Å². The summed E-state index contributed by atoms with van der Waals surface area (Å²) in [5.41, 5.74) is 10.9. The molecule has 254 valence electrons. The lowest BCUT2D eigenvalue weighted by Gasteiger charge is -2.19. The van der Waals surface area contributed by atoms with Crippen molar-refractivity contribution in [1.29, 1.82) is 0 Å². The van der Waals surface area contributed by atoms with E-state index in [1.165, 1.54) is 119 Å². The summed E-state index contributed by atoms with van der Waals surface area (Å²) in [7, 11) is 0. The summed E-state index contributed by atoms with van der Waals surface area (Å²) < 4.78 is 8.15. The topological polar surface area (TPSA) is 53.1 Å². The van der Waals surface area contributed by atoms with Crippen LogP contribution in [-0.4, -0.2) is 16.2 Å². The molecule has 0 saturated carbocycles. The first-order chi connectivity index (χ1) is 23.2. The average molecular weight is 636 g/mol. The van der Waals surface area contributed by atoms with E-state index in [1.54, 1.807) is 6.20 Å². The lowest BCUT2D eigenvalue weighted by molar-refractivity contribution is 0.304. The van der Waals surface area contributed by atoms with Crippen molar-refractivity contribution < 1.29 is 4.74 Å². The molecule has 0 saturated heterocycles. The molecule has 0 bridgehead atoms. The van der Waals surface area contributed by atoms with Crippen LogP contribution >= 0.6 is 0 Å². The fourth-order valence-corrected chi connectivity index (χ4v) is 6.96. The van der Waals surface area contributed by atoms with Crippen LogP contribution in [0.4, 0.5) is 5.95 Å². The molecule has 0 atom stereocenters. The molecule has 1 aromatic heterocycles. The number of nitrogens with zero attached hydrogens (tertiary/aromatic N) is 2. The number of ether oxygens (including phenoxy) is 1. The predicted molar refractivity (Wildman–Crippen MR) is 200 cm³/mol. The summed E-state index contributed by atoms with van der Waals surface area (Å²) in [4.78, 5) is 3.88. The van der Waals surface area contributed by atoms with Crippen molar-refractivity contribution >= 4 is 5.95 Å². The van der Waals surface area contributed by atoms with E-state index < -0.39 is 0 Å². The Balaban J connectivity index is 0.000000479. The third kappa shape index (κ3) is 11.0. The number of rotatable bonds is 22. The highest BCUT2D eigenvalue weighted by atomic mass is 16.5. The number of fused-ring (bicyclic) bond motifs is 1. The smallest absolute Gasteiger partial charge is 0.200 e. The van der Waals surface area contributed by atoms with Crippen molar-refractivity contribution in [1.82, 2.24) is 9.55 Å². The number of unbranched alkanes of at least 4 members (excludes halogenated alkanes) is 15. The summed E-state index contributed by atoms with van der Waals surface area (Å²) in [5.74, 6) is 1.61. The molecule has 4 nitrogen and oxygen atoms in total. The number of nitrogens with two attached hydrogens (primary N) is 1. The maximum Gasteiger partial charge on any atom is 0.200 e. The fraction of sp³-hybridized carbons (Fsp3) is 0.512. The zero-order valence-electron chi connectivity index (χ0n) is 29.5. The second-order valence-electron chi connectivity index (χ2n) is 13.3. The monoisotopic (exact) mass is 635 g/mol. The van der Waals surface area contributed by atoms with Gasteiger partial charge in [0.25, 0.3) is 0 Å². The van der Waals surface area contributed by atoms with E-state index in [0.717, 1.165) is 31.7 Å². The number of nitrogen functional groups attached to an aromatic ring is 1. The number of aromatic nitrogens is 2. The van der Waals surface area contributed by atoms with Gasteiger partial charge in [-0.1, -0.05) is 177 Å². The van der Waals surface area contributed by atoms with E-state index in [-0.39, 0.29) is 5.41 Å². The molecule has 4 heteroatoms. The van der Waals surface area contributed by atoms with E-state index in [9.17, 15) is 0 Å². The average Bonchev–Trinajstić information content (AvgIpc) is 3.63. The van der Waals surface area contributed by atoms with Gasteiger partial charge in [-0.15, -0.1) is 0 Å². The number of benzene rings is 3. The second kappa shape index (κ2) is 20.7. The Hall–Kier alpha value is -3.53. The van der Waals surface area contributed by atoms with Gasteiger partial charge in [-0.05, 0) is 47.2 Å². The van der Waals surface area contributed by atoms with Crippen LogP contribution in [0.25, 0.3) is 0 Å². The van der Waals surface area contributed by atoms with E-state index >= 15 is 0 Å². The largest absolute Gasteiger partial charge is 0.494 e. The maximum atomic E-state index is 6.22. The van der Waals surface area contributed by atoms with E-state index in [0.29, 0.717) is 5.95 Å². The first-order valence-corrected chi connectivity index (χ1v) is 18.9. The van der Waals surface area contributed by atoms with E-state index in [2.05, 4.69) is 97.7 Å². The first kappa shape index (κ1) is 36.3. The van der Waals surface area contributed by atoms with Gasteiger partial charge in [0, 0.05) is 18.9 Å². The SMILES string of the molecule is CCCCCCCCCCCCCCCCCCOc1cccc(C2(c3ccccc3)c3ccccc32)c1.CCCn1ccnc1N. The molecule has 1 heterocycles. The van der Waals surface area contributed by atoms with Crippen LogP contribution in [0.5, 0.6) is 5.75 Å². The number of anilines is 1. The predicted octanol–water partition coefficient (Wildman–Crippen LogP) is 11.9. The Morgan fingerprint density at radius 3 is 1.66 bits per heavy atom.